The number of carboxylic acids is 1. The van der Waals surface area contributed by atoms with Crippen molar-refractivity contribution in [2.24, 2.45) is 0 Å². The van der Waals surface area contributed by atoms with Crippen LogP contribution in [0.3, 0.4) is 0 Å². The summed E-state index contributed by atoms with van der Waals surface area (Å²) in [6.45, 7) is 3.58. The van der Waals surface area contributed by atoms with Crippen LogP contribution in [0.1, 0.15) is 11.1 Å². The molecule has 0 spiro atoms. The van der Waals surface area contributed by atoms with Gasteiger partial charge in [-0.05, 0) is 35.8 Å². The molecule has 0 aliphatic carbocycles. The fourth-order valence-corrected chi connectivity index (χ4v) is 1.20. The lowest BCUT2D eigenvalue weighted by atomic mass is 10.1. The highest BCUT2D eigenvalue weighted by atomic mass is 16.4. The summed E-state index contributed by atoms with van der Waals surface area (Å²) in [6.07, 6.45) is 4.78. The Morgan fingerprint density at radius 3 is 2.80 bits per heavy atom. The zero-order valence-electron chi connectivity index (χ0n) is 8.18. The Morgan fingerprint density at radius 2 is 2.20 bits per heavy atom. The molecule has 0 saturated heterocycles. The van der Waals surface area contributed by atoms with E-state index < -0.39 is 5.97 Å². The molecule has 0 radical (unpaired) electrons. The topological polar surface area (TPSA) is 57.5 Å². The molecule has 0 bridgehead atoms. The van der Waals surface area contributed by atoms with Crippen molar-refractivity contribution >= 4 is 12.0 Å². The molecule has 0 fully saturated rings. The van der Waals surface area contributed by atoms with E-state index in [0.717, 1.165) is 17.2 Å². The second kappa shape index (κ2) is 5.00. The maximum absolute atomic E-state index is 10.3. The van der Waals surface area contributed by atoms with Crippen LogP contribution < -0.4 is 0 Å². The minimum Gasteiger partial charge on any atom is -0.508 e. The van der Waals surface area contributed by atoms with Gasteiger partial charge in [-0.1, -0.05) is 12.1 Å². The lowest BCUT2D eigenvalue weighted by Crippen LogP contribution is -1.87. The molecule has 0 aromatic heterocycles. The molecule has 3 nitrogen and oxygen atoms in total. The Labute approximate surface area is 88.0 Å². The number of phenols is 1. The molecular formula is C12H12O3. The number of hydrogen-bond acceptors (Lipinski definition) is 2. The Morgan fingerprint density at radius 1 is 1.47 bits per heavy atom. The molecule has 3 heteroatoms. The van der Waals surface area contributed by atoms with Crippen LogP contribution in [0.4, 0.5) is 0 Å². The van der Waals surface area contributed by atoms with Gasteiger partial charge < -0.3 is 10.2 Å². The zero-order valence-corrected chi connectivity index (χ0v) is 8.18. The van der Waals surface area contributed by atoms with Gasteiger partial charge in [0.2, 0.25) is 0 Å². The highest BCUT2D eigenvalue weighted by Gasteiger charge is 1.99. The Hall–Kier alpha value is -2.03. The molecule has 78 valence electrons. The van der Waals surface area contributed by atoms with E-state index in [1.165, 1.54) is 6.08 Å². The number of aromatic hydroxyl groups is 1. The number of carbonyl (C=O) groups is 1. The third-order valence-corrected chi connectivity index (χ3v) is 1.89. The van der Waals surface area contributed by atoms with Gasteiger partial charge in [0.25, 0.3) is 0 Å². The molecular weight excluding hydrogens is 192 g/mol. The number of carboxylic acid groups (broad SMARTS) is 1. The van der Waals surface area contributed by atoms with Gasteiger partial charge in [-0.3, -0.25) is 0 Å². The highest BCUT2D eigenvalue weighted by molar-refractivity contribution is 5.85. The summed E-state index contributed by atoms with van der Waals surface area (Å²) in [4.78, 5) is 10.3. The molecule has 2 N–H and O–H groups in total. The Kier molecular flexibility index (Phi) is 3.68. The molecule has 0 heterocycles. The fourth-order valence-electron chi connectivity index (χ4n) is 1.20. The monoisotopic (exact) mass is 204 g/mol. The van der Waals surface area contributed by atoms with Gasteiger partial charge in [-0.15, -0.1) is 6.58 Å². The number of allylic oxidation sites excluding steroid dienone is 1. The Bertz CT molecular complexity index is 405. The van der Waals surface area contributed by atoms with Crippen LogP contribution in [0.25, 0.3) is 6.08 Å². The first kappa shape index (κ1) is 11.0. The molecule has 0 aliphatic rings. The fraction of sp³-hybridized carbons (Fsp3) is 0.0833. The number of phenolic OH excluding ortho intramolecular Hbond substituents is 1. The highest BCUT2D eigenvalue weighted by Crippen LogP contribution is 2.19. The number of benzene rings is 1. The minimum absolute atomic E-state index is 0.197. The van der Waals surface area contributed by atoms with Gasteiger partial charge in [-0.25, -0.2) is 4.79 Å². The van der Waals surface area contributed by atoms with E-state index in [9.17, 15) is 9.90 Å². The third-order valence-electron chi connectivity index (χ3n) is 1.89. The summed E-state index contributed by atoms with van der Waals surface area (Å²) in [5, 5.41) is 17.9. The van der Waals surface area contributed by atoms with Crippen molar-refractivity contribution in [2.75, 3.05) is 0 Å². The first-order valence-corrected chi connectivity index (χ1v) is 4.47. The van der Waals surface area contributed by atoms with Crippen molar-refractivity contribution in [3.05, 3.63) is 48.1 Å². The van der Waals surface area contributed by atoms with E-state index in [4.69, 9.17) is 5.11 Å². The Balaban J connectivity index is 2.96. The molecule has 1 aromatic rings. The lowest BCUT2D eigenvalue weighted by Gasteiger charge is -2.02. The second-order valence-electron chi connectivity index (χ2n) is 3.05. The first-order chi connectivity index (χ1) is 7.13. The maximum Gasteiger partial charge on any atom is 0.328 e. The van der Waals surface area contributed by atoms with E-state index in [-0.39, 0.29) is 5.75 Å². The van der Waals surface area contributed by atoms with Gasteiger partial charge in [0, 0.05) is 6.08 Å². The number of hydrogen-bond donors (Lipinski definition) is 2. The summed E-state index contributed by atoms with van der Waals surface area (Å²) in [6, 6.07) is 4.93. The van der Waals surface area contributed by atoms with Gasteiger partial charge in [0.1, 0.15) is 5.75 Å². The van der Waals surface area contributed by atoms with Gasteiger partial charge in [-0.2, -0.15) is 0 Å². The summed E-state index contributed by atoms with van der Waals surface area (Å²) in [5.41, 5.74) is 1.48. The third kappa shape index (κ3) is 3.31. The normalized spacial score (nSPS) is 10.4. The summed E-state index contributed by atoms with van der Waals surface area (Å²) in [5.74, 6) is -0.796. The van der Waals surface area contributed by atoms with E-state index >= 15 is 0 Å². The molecule has 0 amide bonds. The van der Waals surface area contributed by atoms with E-state index in [1.807, 2.05) is 0 Å². The quantitative estimate of drug-likeness (QED) is 0.584. The first-order valence-electron chi connectivity index (χ1n) is 4.47. The van der Waals surface area contributed by atoms with Crippen LogP contribution in [-0.2, 0) is 11.2 Å². The summed E-state index contributed by atoms with van der Waals surface area (Å²) >= 11 is 0. The van der Waals surface area contributed by atoms with Crippen LogP contribution in [0.5, 0.6) is 5.75 Å². The van der Waals surface area contributed by atoms with Crippen LogP contribution in [0, 0.1) is 0 Å². The van der Waals surface area contributed by atoms with E-state index in [1.54, 1.807) is 24.3 Å². The van der Waals surface area contributed by atoms with Crippen molar-refractivity contribution in [2.45, 2.75) is 6.42 Å². The van der Waals surface area contributed by atoms with Crippen molar-refractivity contribution in [1.29, 1.82) is 0 Å². The van der Waals surface area contributed by atoms with Crippen molar-refractivity contribution in [1.82, 2.24) is 0 Å². The predicted molar refractivity (Wildman–Crippen MR) is 58.7 cm³/mol. The number of rotatable bonds is 4. The molecule has 1 aromatic carbocycles. The smallest absolute Gasteiger partial charge is 0.328 e. The second-order valence-corrected chi connectivity index (χ2v) is 3.05. The van der Waals surface area contributed by atoms with E-state index in [2.05, 4.69) is 6.58 Å². The van der Waals surface area contributed by atoms with E-state index in [0.29, 0.717) is 6.42 Å². The molecule has 0 aliphatic heterocycles. The average Bonchev–Trinajstić information content (AvgIpc) is 2.19. The summed E-state index contributed by atoms with van der Waals surface area (Å²) in [7, 11) is 0. The van der Waals surface area contributed by atoms with Crippen molar-refractivity contribution in [3.63, 3.8) is 0 Å². The molecule has 0 atom stereocenters. The molecule has 15 heavy (non-hydrogen) atoms. The van der Waals surface area contributed by atoms with Crippen molar-refractivity contribution < 1.29 is 15.0 Å². The SMILES string of the molecule is C=CCc1cc(/C=C/C(=O)O)ccc1O. The maximum atomic E-state index is 10.3. The predicted octanol–water partition coefficient (Wildman–Crippen LogP) is 2.22. The van der Waals surface area contributed by atoms with Crippen LogP contribution in [-0.4, -0.2) is 16.2 Å². The standard InChI is InChI=1S/C12H12O3/c1-2-3-10-8-9(4-6-11(10)13)5-7-12(14)15/h2,4-8,13H,1,3H2,(H,14,15)/b7-5+. The van der Waals surface area contributed by atoms with Crippen LogP contribution >= 0.6 is 0 Å². The van der Waals surface area contributed by atoms with Gasteiger partial charge in [0.15, 0.2) is 0 Å². The number of aliphatic carboxylic acids is 1. The van der Waals surface area contributed by atoms with Gasteiger partial charge in [0.05, 0.1) is 0 Å². The van der Waals surface area contributed by atoms with Crippen LogP contribution in [0.2, 0.25) is 0 Å². The minimum atomic E-state index is -0.992. The molecule has 0 saturated carbocycles. The molecule has 0 unspecified atom stereocenters. The van der Waals surface area contributed by atoms with Gasteiger partial charge >= 0.3 is 5.97 Å². The average molecular weight is 204 g/mol. The summed E-state index contributed by atoms with van der Waals surface area (Å²) < 4.78 is 0. The van der Waals surface area contributed by atoms with Crippen LogP contribution in [0.15, 0.2) is 36.9 Å². The van der Waals surface area contributed by atoms with Crippen molar-refractivity contribution in [3.8, 4) is 5.75 Å². The largest absolute Gasteiger partial charge is 0.508 e. The molecule has 1 rings (SSSR count). The lowest BCUT2D eigenvalue weighted by molar-refractivity contribution is -0.131. The zero-order chi connectivity index (χ0) is 11.3.